The van der Waals surface area contributed by atoms with Gasteiger partial charge < -0.3 is 15.4 Å². The van der Waals surface area contributed by atoms with Crippen LogP contribution in [0.3, 0.4) is 0 Å². The Morgan fingerprint density at radius 3 is 2.72 bits per heavy atom. The highest BCUT2D eigenvalue weighted by Crippen LogP contribution is 2.21. The van der Waals surface area contributed by atoms with Gasteiger partial charge in [0, 0.05) is 18.8 Å². The highest BCUT2D eigenvalue weighted by atomic mass is 16.5. The molecule has 0 bridgehead atoms. The molecule has 0 radical (unpaired) electrons. The van der Waals surface area contributed by atoms with Crippen molar-refractivity contribution in [3.8, 4) is 5.75 Å². The molecule has 1 saturated carbocycles. The number of pyridine rings is 1. The quantitative estimate of drug-likeness (QED) is 0.811. The van der Waals surface area contributed by atoms with Crippen molar-refractivity contribution in [2.24, 2.45) is 0 Å². The molecule has 0 atom stereocenters. The van der Waals surface area contributed by atoms with E-state index in [9.17, 15) is 4.79 Å². The summed E-state index contributed by atoms with van der Waals surface area (Å²) in [5, 5.41) is 6.36. The van der Waals surface area contributed by atoms with Gasteiger partial charge in [-0.15, -0.1) is 0 Å². The molecule has 2 aromatic rings. The molecule has 0 unspecified atom stereocenters. The molecule has 1 aromatic carbocycles. The van der Waals surface area contributed by atoms with Crippen LogP contribution in [0.15, 0.2) is 42.6 Å². The van der Waals surface area contributed by atoms with Gasteiger partial charge in [0.05, 0.1) is 12.7 Å². The van der Waals surface area contributed by atoms with Crippen LogP contribution in [0.25, 0.3) is 0 Å². The first-order valence-corrected chi connectivity index (χ1v) is 8.89. The summed E-state index contributed by atoms with van der Waals surface area (Å²) < 4.78 is 5.33. The lowest BCUT2D eigenvalue weighted by atomic mass is 10.1. The van der Waals surface area contributed by atoms with Crippen molar-refractivity contribution >= 4 is 11.7 Å². The van der Waals surface area contributed by atoms with E-state index in [1.807, 2.05) is 36.4 Å². The first-order valence-electron chi connectivity index (χ1n) is 8.89. The summed E-state index contributed by atoms with van der Waals surface area (Å²) in [6, 6.07) is 12.1. The summed E-state index contributed by atoms with van der Waals surface area (Å²) in [4.78, 5) is 16.6. The first-order chi connectivity index (χ1) is 12.3. The lowest BCUT2D eigenvalue weighted by Gasteiger charge is -2.13. The molecule has 1 heterocycles. The van der Waals surface area contributed by atoms with Gasteiger partial charge in [0.15, 0.2) is 0 Å². The van der Waals surface area contributed by atoms with Gasteiger partial charge in [-0.25, -0.2) is 4.98 Å². The number of benzene rings is 1. The Kier molecular flexibility index (Phi) is 5.88. The summed E-state index contributed by atoms with van der Waals surface area (Å²) in [5.74, 6) is 1.59. The fourth-order valence-corrected chi connectivity index (χ4v) is 3.22. The number of carbonyl (C=O) groups is 1. The predicted octanol–water partition coefficient (Wildman–Crippen LogP) is 3.42. The number of methoxy groups -OCH3 is 1. The Morgan fingerprint density at radius 2 is 2.00 bits per heavy atom. The lowest BCUT2D eigenvalue weighted by molar-refractivity contribution is 0.0953. The van der Waals surface area contributed by atoms with E-state index in [4.69, 9.17) is 4.74 Å². The lowest BCUT2D eigenvalue weighted by Crippen LogP contribution is -2.26. The summed E-state index contributed by atoms with van der Waals surface area (Å²) in [5.41, 5.74) is 1.66. The van der Waals surface area contributed by atoms with E-state index in [1.54, 1.807) is 13.3 Å². The Bertz CT molecular complexity index is 694. The van der Waals surface area contributed by atoms with Gasteiger partial charge in [-0.3, -0.25) is 4.79 Å². The van der Waals surface area contributed by atoms with E-state index >= 15 is 0 Å². The molecule has 0 spiro atoms. The minimum atomic E-state index is -0.102. The average molecular weight is 339 g/mol. The Hall–Kier alpha value is -2.56. The molecule has 1 aliphatic rings. The standard InChI is InChI=1S/C20H25N3O2/c1-25-18-9-5-2-6-15(18)12-13-21-20(24)16-10-11-19(22-14-16)23-17-7-3-4-8-17/h2,5-6,9-11,14,17H,3-4,7-8,12-13H2,1H3,(H,21,24)(H,22,23). The fraction of sp³-hybridized carbons (Fsp3) is 0.400. The highest BCUT2D eigenvalue weighted by Gasteiger charge is 2.15. The molecule has 132 valence electrons. The number of nitrogens with zero attached hydrogens (tertiary/aromatic N) is 1. The molecule has 5 nitrogen and oxygen atoms in total. The highest BCUT2D eigenvalue weighted by molar-refractivity contribution is 5.94. The molecule has 1 aliphatic carbocycles. The van der Waals surface area contributed by atoms with E-state index in [0.29, 0.717) is 18.2 Å². The Balaban J connectivity index is 1.49. The first kappa shape index (κ1) is 17.3. The van der Waals surface area contributed by atoms with Crippen molar-refractivity contribution < 1.29 is 9.53 Å². The number of hydrogen-bond donors (Lipinski definition) is 2. The zero-order chi connectivity index (χ0) is 17.5. The molecule has 0 aliphatic heterocycles. The van der Waals surface area contributed by atoms with Crippen LogP contribution in [-0.2, 0) is 6.42 Å². The SMILES string of the molecule is COc1ccccc1CCNC(=O)c1ccc(NC2CCCC2)nc1. The van der Waals surface area contributed by atoms with E-state index in [0.717, 1.165) is 23.6 Å². The summed E-state index contributed by atoms with van der Waals surface area (Å²) in [6.45, 7) is 0.557. The van der Waals surface area contributed by atoms with Crippen molar-refractivity contribution in [2.75, 3.05) is 19.0 Å². The fourth-order valence-electron chi connectivity index (χ4n) is 3.22. The number of rotatable bonds is 7. The van der Waals surface area contributed by atoms with E-state index in [-0.39, 0.29) is 5.91 Å². The summed E-state index contributed by atoms with van der Waals surface area (Å²) in [7, 11) is 1.66. The average Bonchev–Trinajstić information content (AvgIpc) is 3.15. The molecule has 5 heteroatoms. The predicted molar refractivity (Wildman–Crippen MR) is 99.1 cm³/mol. The minimum Gasteiger partial charge on any atom is -0.496 e. The molecule has 0 saturated heterocycles. The monoisotopic (exact) mass is 339 g/mol. The Morgan fingerprint density at radius 1 is 1.20 bits per heavy atom. The van der Waals surface area contributed by atoms with Crippen molar-refractivity contribution in [2.45, 2.75) is 38.1 Å². The van der Waals surface area contributed by atoms with Crippen LogP contribution in [0.1, 0.15) is 41.6 Å². The second-order valence-electron chi connectivity index (χ2n) is 6.38. The van der Waals surface area contributed by atoms with E-state index in [1.165, 1.54) is 25.7 Å². The van der Waals surface area contributed by atoms with E-state index < -0.39 is 0 Å². The van der Waals surface area contributed by atoms with Gasteiger partial charge in [-0.05, 0) is 43.0 Å². The Labute approximate surface area is 148 Å². The largest absolute Gasteiger partial charge is 0.496 e. The topological polar surface area (TPSA) is 63.2 Å². The number of anilines is 1. The number of carbonyl (C=O) groups excluding carboxylic acids is 1. The van der Waals surface area contributed by atoms with Gasteiger partial charge in [0.25, 0.3) is 5.91 Å². The van der Waals surface area contributed by atoms with Crippen LogP contribution in [0.4, 0.5) is 5.82 Å². The molecule has 1 fully saturated rings. The maximum Gasteiger partial charge on any atom is 0.252 e. The zero-order valence-electron chi connectivity index (χ0n) is 14.6. The summed E-state index contributed by atoms with van der Waals surface area (Å²) in [6.07, 6.45) is 7.33. The maximum absolute atomic E-state index is 12.2. The van der Waals surface area contributed by atoms with Gasteiger partial charge in [0.2, 0.25) is 0 Å². The third-order valence-corrected chi connectivity index (χ3v) is 4.61. The maximum atomic E-state index is 12.2. The van der Waals surface area contributed by atoms with Gasteiger partial charge in [-0.2, -0.15) is 0 Å². The van der Waals surface area contributed by atoms with E-state index in [2.05, 4.69) is 15.6 Å². The smallest absolute Gasteiger partial charge is 0.252 e. The molecular weight excluding hydrogens is 314 g/mol. The van der Waals surface area contributed by atoms with Crippen molar-refractivity contribution in [1.29, 1.82) is 0 Å². The van der Waals surface area contributed by atoms with Crippen molar-refractivity contribution in [3.63, 3.8) is 0 Å². The zero-order valence-corrected chi connectivity index (χ0v) is 14.6. The van der Waals surface area contributed by atoms with Crippen LogP contribution in [-0.4, -0.2) is 30.6 Å². The van der Waals surface area contributed by atoms with Crippen LogP contribution in [0.5, 0.6) is 5.75 Å². The number of nitrogens with one attached hydrogen (secondary N) is 2. The summed E-state index contributed by atoms with van der Waals surface area (Å²) >= 11 is 0. The van der Waals surface area contributed by atoms with Crippen molar-refractivity contribution in [3.05, 3.63) is 53.7 Å². The molecule has 1 amide bonds. The van der Waals surface area contributed by atoms with Crippen LogP contribution >= 0.6 is 0 Å². The number of ether oxygens (including phenoxy) is 1. The van der Waals surface area contributed by atoms with Crippen molar-refractivity contribution in [1.82, 2.24) is 10.3 Å². The van der Waals surface area contributed by atoms with Crippen LogP contribution in [0.2, 0.25) is 0 Å². The van der Waals surface area contributed by atoms with Gasteiger partial charge >= 0.3 is 0 Å². The third kappa shape index (κ3) is 4.72. The van der Waals surface area contributed by atoms with Crippen LogP contribution < -0.4 is 15.4 Å². The third-order valence-electron chi connectivity index (χ3n) is 4.61. The second kappa shape index (κ2) is 8.51. The molecule has 25 heavy (non-hydrogen) atoms. The van der Waals surface area contributed by atoms with Crippen LogP contribution in [0, 0.1) is 0 Å². The number of amides is 1. The molecule has 3 rings (SSSR count). The molecule has 1 aromatic heterocycles. The van der Waals surface area contributed by atoms with Gasteiger partial charge in [0.1, 0.15) is 11.6 Å². The number of hydrogen-bond acceptors (Lipinski definition) is 4. The second-order valence-corrected chi connectivity index (χ2v) is 6.38. The minimum absolute atomic E-state index is 0.102. The number of para-hydroxylation sites is 1. The van der Waals surface area contributed by atoms with Gasteiger partial charge in [-0.1, -0.05) is 31.0 Å². The molecular formula is C20H25N3O2. The molecule has 2 N–H and O–H groups in total. The number of aromatic nitrogens is 1. The normalized spacial score (nSPS) is 14.3.